The average Bonchev–Trinajstić information content (AvgIpc) is 2.66. The Kier molecular flexibility index (Phi) is 7.49. The monoisotopic (exact) mass is 356 g/mol. The number of benzene rings is 2. The van der Waals surface area contributed by atoms with E-state index in [0.29, 0.717) is 13.2 Å². The molecule has 2 aromatic carbocycles. The highest BCUT2D eigenvalue weighted by molar-refractivity contribution is 5.76. The highest BCUT2D eigenvalue weighted by Gasteiger charge is 2.04. The van der Waals surface area contributed by atoms with Crippen LogP contribution in [0.15, 0.2) is 48.5 Å². The molecule has 138 valence electrons. The van der Waals surface area contributed by atoms with Crippen LogP contribution in [-0.2, 0) is 19.1 Å². The minimum Gasteiger partial charge on any atom is -0.465 e. The van der Waals surface area contributed by atoms with Gasteiger partial charge in [-0.2, -0.15) is 0 Å². The number of rotatable bonds is 9. The number of ether oxygens (including phenoxy) is 2. The summed E-state index contributed by atoms with van der Waals surface area (Å²) < 4.78 is 9.76. The summed E-state index contributed by atoms with van der Waals surface area (Å²) in [6.45, 7) is 4.62. The van der Waals surface area contributed by atoms with Gasteiger partial charge in [0.15, 0.2) is 0 Å². The molecule has 0 unspecified atom stereocenters. The maximum atomic E-state index is 11.3. The van der Waals surface area contributed by atoms with Gasteiger partial charge in [-0.3, -0.25) is 9.59 Å². The van der Waals surface area contributed by atoms with Crippen molar-refractivity contribution in [1.29, 1.82) is 0 Å². The smallest absolute Gasteiger partial charge is 0.325 e. The van der Waals surface area contributed by atoms with Crippen molar-refractivity contribution < 1.29 is 19.1 Å². The molecule has 0 aliphatic rings. The predicted molar refractivity (Wildman–Crippen MR) is 102 cm³/mol. The lowest BCUT2D eigenvalue weighted by molar-refractivity contribution is -0.141. The molecule has 0 amide bonds. The van der Waals surface area contributed by atoms with Crippen LogP contribution >= 0.6 is 0 Å². The molecule has 6 nitrogen and oxygen atoms in total. The van der Waals surface area contributed by atoms with E-state index in [-0.39, 0.29) is 25.0 Å². The molecule has 0 aliphatic carbocycles. The van der Waals surface area contributed by atoms with Crippen molar-refractivity contribution in [1.82, 2.24) is 0 Å². The van der Waals surface area contributed by atoms with Gasteiger partial charge >= 0.3 is 11.9 Å². The number of carbonyl (C=O) groups is 2. The Morgan fingerprint density at radius 1 is 0.692 bits per heavy atom. The summed E-state index contributed by atoms with van der Waals surface area (Å²) in [5.41, 5.74) is 3.83. The number of hydrogen-bond donors (Lipinski definition) is 2. The third-order valence-electron chi connectivity index (χ3n) is 3.59. The fourth-order valence-electron chi connectivity index (χ4n) is 2.33. The maximum Gasteiger partial charge on any atom is 0.325 e. The molecular weight excluding hydrogens is 332 g/mol. The zero-order valence-corrected chi connectivity index (χ0v) is 15.1. The van der Waals surface area contributed by atoms with Gasteiger partial charge in [0, 0.05) is 11.4 Å². The van der Waals surface area contributed by atoms with E-state index in [1.54, 1.807) is 13.8 Å². The van der Waals surface area contributed by atoms with Crippen LogP contribution in [0, 0.1) is 0 Å². The summed E-state index contributed by atoms with van der Waals surface area (Å²) in [4.78, 5) is 22.7. The first-order valence-electron chi connectivity index (χ1n) is 8.62. The quantitative estimate of drug-likeness (QED) is 0.672. The predicted octanol–water partition coefficient (Wildman–Crippen LogP) is 3.30. The van der Waals surface area contributed by atoms with Gasteiger partial charge in [-0.15, -0.1) is 0 Å². The Morgan fingerprint density at radius 3 is 1.35 bits per heavy atom. The lowest BCUT2D eigenvalue weighted by Gasteiger charge is -2.09. The van der Waals surface area contributed by atoms with E-state index in [1.807, 2.05) is 48.5 Å². The summed E-state index contributed by atoms with van der Waals surface area (Å²) >= 11 is 0. The largest absolute Gasteiger partial charge is 0.465 e. The van der Waals surface area contributed by atoms with E-state index in [4.69, 9.17) is 9.47 Å². The van der Waals surface area contributed by atoms with Crippen molar-refractivity contribution >= 4 is 23.3 Å². The van der Waals surface area contributed by atoms with Crippen LogP contribution in [0.2, 0.25) is 0 Å². The Balaban J connectivity index is 1.90. The van der Waals surface area contributed by atoms with E-state index in [0.717, 1.165) is 22.5 Å². The summed E-state index contributed by atoms with van der Waals surface area (Å²) in [6, 6.07) is 15.6. The van der Waals surface area contributed by atoms with E-state index in [1.165, 1.54) is 0 Å². The van der Waals surface area contributed by atoms with Gasteiger partial charge in [-0.1, -0.05) is 24.3 Å². The molecule has 0 atom stereocenters. The SMILES string of the molecule is CCOC(=O)CNc1ccc(-c2ccc(NCC(=O)OCC)cc2)cc1. The Bertz CT molecular complexity index is 648. The fourth-order valence-corrected chi connectivity index (χ4v) is 2.33. The molecule has 0 aromatic heterocycles. The van der Waals surface area contributed by atoms with Crippen molar-refractivity contribution in [2.24, 2.45) is 0 Å². The molecule has 2 rings (SSSR count). The lowest BCUT2D eigenvalue weighted by atomic mass is 10.0. The maximum absolute atomic E-state index is 11.3. The first-order chi connectivity index (χ1) is 12.6. The molecule has 2 aromatic rings. The number of hydrogen-bond acceptors (Lipinski definition) is 6. The molecule has 0 saturated carbocycles. The minimum atomic E-state index is -0.275. The fraction of sp³-hybridized carbons (Fsp3) is 0.300. The van der Waals surface area contributed by atoms with Crippen LogP contribution < -0.4 is 10.6 Å². The third-order valence-corrected chi connectivity index (χ3v) is 3.59. The minimum absolute atomic E-state index is 0.147. The Hall–Kier alpha value is -3.02. The van der Waals surface area contributed by atoms with Gasteiger partial charge in [0.05, 0.1) is 13.2 Å². The Morgan fingerprint density at radius 2 is 1.04 bits per heavy atom. The molecule has 0 radical (unpaired) electrons. The molecule has 26 heavy (non-hydrogen) atoms. The molecule has 0 saturated heterocycles. The van der Waals surface area contributed by atoms with Crippen LogP contribution in [0.3, 0.4) is 0 Å². The first kappa shape index (κ1) is 19.3. The third kappa shape index (κ3) is 6.12. The highest BCUT2D eigenvalue weighted by atomic mass is 16.5. The second kappa shape index (κ2) is 10.1. The van der Waals surface area contributed by atoms with E-state index < -0.39 is 0 Å². The number of anilines is 2. The number of carbonyl (C=O) groups excluding carboxylic acids is 2. The van der Waals surface area contributed by atoms with Gasteiger partial charge in [-0.25, -0.2) is 0 Å². The zero-order chi connectivity index (χ0) is 18.8. The van der Waals surface area contributed by atoms with E-state index in [9.17, 15) is 9.59 Å². The van der Waals surface area contributed by atoms with Gasteiger partial charge in [0.1, 0.15) is 13.1 Å². The van der Waals surface area contributed by atoms with Crippen molar-refractivity contribution in [2.75, 3.05) is 36.9 Å². The van der Waals surface area contributed by atoms with Crippen molar-refractivity contribution in [3.63, 3.8) is 0 Å². The van der Waals surface area contributed by atoms with Crippen molar-refractivity contribution in [2.45, 2.75) is 13.8 Å². The molecule has 2 N–H and O–H groups in total. The highest BCUT2D eigenvalue weighted by Crippen LogP contribution is 2.23. The van der Waals surface area contributed by atoms with Crippen LogP contribution in [0.1, 0.15) is 13.8 Å². The summed E-state index contributed by atoms with van der Waals surface area (Å²) in [6.07, 6.45) is 0. The summed E-state index contributed by atoms with van der Waals surface area (Å²) in [5, 5.41) is 6.05. The molecule has 0 aliphatic heterocycles. The van der Waals surface area contributed by atoms with Crippen LogP contribution in [-0.4, -0.2) is 38.2 Å². The first-order valence-corrected chi connectivity index (χ1v) is 8.62. The van der Waals surface area contributed by atoms with E-state index in [2.05, 4.69) is 10.6 Å². The molecule has 0 heterocycles. The average molecular weight is 356 g/mol. The zero-order valence-electron chi connectivity index (χ0n) is 15.1. The molecule has 0 bridgehead atoms. The number of nitrogens with one attached hydrogen (secondary N) is 2. The lowest BCUT2D eigenvalue weighted by Crippen LogP contribution is -2.16. The van der Waals surface area contributed by atoms with E-state index >= 15 is 0 Å². The molecule has 0 spiro atoms. The number of esters is 2. The van der Waals surface area contributed by atoms with Crippen LogP contribution in [0.25, 0.3) is 11.1 Å². The van der Waals surface area contributed by atoms with Gasteiger partial charge < -0.3 is 20.1 Å². The van der Waals surface area contributed by atoms with Crippen molar-refractivity contribution in [3.8, 4) is 11.1 Å². The summed E-state index contributed by atoms with van der Waals surface area (Å²) in [7, 11) is 0. The summed E-state index contributed by atoms with van der Waals surface area (Å²) in [5.74, 6) is -0.551. The molecule has 0 fully saturated rings. The Labute approximate surface area is 153 Å². The second-order valence-corrected chi connectivity index (χ2v) is 5.47. The normalized spacial score (nSPS) is 10.1. The topological polar surface area (TPSA) is 76.7 Å². The second-order valence-electron chi connectivity index (χ2n) is 5.47. The standard InChI is InChI=1S/C20H24N2O4/c1-3-25-19(23)13-21-17-9-5-15(6-10-17)16-7-11-18(12-8-16)22-14-20(24)26-4-2/h5-12,21-22H,3-4,13-14H2,1-2H3. The van der Waals surface area contributed by atoms with Crippen molar-refractivity contribution in [3.05, 3.63) is 48.5 Å². The van der Waals surface area contributed by atoms with Crippen LogP contribution in [0.4, 0.5) is 11.4 Å². The van der Waals surface area contributed by atoms with Gasteiger partial charge in [0.2, 0.25) is 0 Å². The van der Waals surface area contributed by atoms with Crippen LogP contribution in [0.5, 0.6) is 0 Å². The van der Waals surface area contributed by atoms with Gasteiger partial charge in [0.25, 0.3) is 0 Å². The molecule has 6 heteroatoms. The van der Waals surface area contributed by atoms with Gasteiger partial charge in [-0.05, 0) is 49.2 Å². The molecular formula is C20H24N2O4.